The highest BCUT2D eigenvalue weighted by atomic mass is 19.1. The van der Waals surface area contributed by atoms with Crippen LogP contribution in [0, 0.1) is 5.82 Å². The minimum Gasteiger partial charge on any atom is -0.497 e. The van der Waals surface area contributed by atoms with Crippen LogP contribution in [0.2, 0.25) is 0 Å². The molecule has 0 N–H and O–H groups in total. The highest BCUT2D eigenvalue weighted by molar-refractivity contribution is 6.04. The lowest BCUT2D eigenvalue weighted by atomic mass is 9.89. The number of hydrogen-bond donors (Lipinski definition) is 0. The van der Waals surface area contributed by atoms with Crippen LogP contribution < -0.4 is 9.64 Å². The maximum absolute atomic E-state index is 13.5. The van der Waals surface area contributed by atoms with E-state index in [0.717, 1.165) is 59.9 Å². The van der Waals surface area contributed by atoms with Crippen LogP contribution >= 0.6 is 0 Å². The second-order valence-corrected chi connectivity index (χ2v) is 10.1. The first-order valence-electron chi connectivity index (χ1n) is 13.8. The summed E-state index contributed by atoms with van der Waals surface area (Å²) < 4.78 is 18.8. The van der Waals surface area contributed by atoms with E-state index in [1.807, 2.05) is 23.1 Å². The van der Waals surface area contributed by atoms with Crippen LogP contribution in [0.15, 0.2) is 84.5 Å². The molecule has 1 aromatic heterocycles. The molecule has 2 aliphatic heterocycles. The predicted octanol–water partition coefficient (Wildman–Crippen LogP) is 6.04. The number of hydrogen-bond acceptors (Lipinski definition) is 5. The van der Waals surface area contributed by atoms with Crippen molar-refractivity contribution in [2.75, 3.05) is 38.2 Å². The summed E-state index contributed by atoms with van der Waals surface area (Å²) >= 11 is 0. The van der Waals surface area contributed by atoms with Gasteiger partial charge in [0.05, 0.1) is 13.2 Å². The zero-order chi connectivity index (χ0) is 27.9. The molecular weight excluding hydrogens is 503 g/mol. The summed E-state index contributed by atoms with van der Waals surface area (Å²) in [6, 6.07) is 18.6. The van der Waals surface area contributed by atoms with Crippen molar-refractivity contribution in [3.8, 4) is 5.75 Å². The Bertz CT molecular complexity index is 1390. The SMILES string of the molecule is C=Cc1ccc(C2=CCC(c3ccc(F)cc3)=NC2CCCC(=O)N2CCN(c3cc(OC)ccn3)CC2)cc1. The van der Waals surface area contributed by atoms with Crippen molar-refractivity contribution >= 4 is 29.1 Å². The summed E-state index contributed by atoms with van der Waals surface area (Å²) in [5, 5.41) is 0. The number of methoxy groups -OCH3 is 1. The van der Waals surface area contributed by atoms with E-state index in [-0.39, 0.29) is 17.8 Å². The lowest BCUT2D eigenvalue weighted by Crippen LogP contribution is -2.49. The summed E-state index contributed by atoms with van der Waals surface area (Å²) in [4.78, 5) is 26.8. The molecule has 1 fully saturated rings. The van der Waals surface area contributed by atoms with Gasteiger partial charge in [-0.1, -0.05) is 55.1 Å². The molecule has 3 aromatic rings. The van der Waals surface area contributed by atoms with Crippen molar-refractivity contribution in [1.82, 2.24) is 9.88 Å². The highest BCUT2D eigenvalue weighted by Crippen LogP contribution is 2.31. The second-order valence-electron chi connectivity index (χ2n) is 10.1. The van der Waals surface area contributed by atoms with Gasteiger partial charge < -0.3 is 14.5 Å². The largest absolute Gasteiger partial charge is 0.497 e. The van der Waals surface area contributed by atoms with Crippen molar-refractivity contribution in [3.05, 3.63) is 102 Å². The molecule has 206 valence electrons. The van der Waals surface area contributed by atoms with Crippen LogP contribution in [0.3, 0.4) is 0 Å². The molecule has 40 heavy (non-hydrogen) atoms. The Kier molecular flexibility index (Phi) is 8.69. The molecular formula is C33H35FN4O2. The molecule has 2 aliphatic rings. The Morgan fingerprint density at radius 2 is 1.77 bits per heavy atom. The van der Waals surface area contributed by atoms with E-state index in [4.69, 9.17) is 9.73 Å². The lowest BCUT2D eigenvalue weighted by molar-refractivity contribution is -0.131. The summed E-state index contributed by atoms with van der Waals surface area (Å²) in [6.45, 7) is 6.69. The van der Waals surface area contributed by atoms with E-state index >= 15 is 0 Å². The van der Waals surface area contributed by atoms with E-state index in [0.29, 0.717) is 25.9 Å². The number of anilines is 1. The Labute approximate surface area is 235 Å². The van der Waals surface area contributed by atoms with E-state index < -0.39 is 0 Å². The number of rotatable bonds is 9. The van der Waals surface area contributed by atoms with Gasteiger partial charge in [0, 0.05) is 57.0 Å². The fourth-order valence-electron chi connectivity index (χ4n) is 5.32. The fourth-order valence-corrected chi connectivity index (χ4v) is 5.32. The average molecular weight is 539 g/mol. The predicted molar refractivity (Wildman–Crippen MR) is 159 cm³/mol. The molecule has 7 heteroatoms. The van der Waals surface area contributed by atoms with Gasteiger partial charge in [-0.15, -0.1) is 0 Å². The van der Waals surface area contributed by atoms with Crippen molar-refractivity contribution in [2.45, 2.75) is 31.7 Å². The van der Waals surface area contributed by atoms with Gasteiger partial charge >= 0.3 is 0 Å². The van der Waals surface area contributed by atoms with Crippen LogP contribution in [0.4, 0.5) is 10.2 Å². The molecule has 0 aliphatic carbocycles. The molecule has 5 rings (SSSR count). The molecule has 3 heterocycles. The zero-order valence-corrected chi connectivity index (χ0v) is 22.9. The van der Waals surface area contributed by atoms with Gasteiger partial charge in [0.1, 0.15) is 17.4 Å². The Morgan fingerprint density at radius 1 is 1.05 bits per heavy atom. The topological polar surface area (TPSA) is 58.0 Å². The van der Waals surface area contributed by atoms with E-state index in [9.17, 15) is 9.18 Å². The summed E-state index contributed by atoms with van der Waals surface area (Å²) in [5.41, 5.74) is 5.26. The number of allylic oxidation sites excluding steroid dienone is 1. The van der Waals surface area contributed by atoms with Gasteiger partial charge in [0.25, 0.3) is 0 Å². The van der Waals surface area contributed by atoms with E-state index in [1.165, 1.54) is 17.7 Å². The summed E-state index contributed by atoms with van der Waals surface area (Å²) in [7, 11) is 1.65. The second kappa shape index (κ2) is 12.7. The molecule has 0 bridgehead atoms. The van der Waals surface area contributed by atoms with Crippen LogP contribution in [0.1, 0.15) is 42.4 Å². The minimum absolute atomic E-state index is 0.0628. The number of ether oxygens (including phenoxy) is 1. The molecule has 0 spiro atoms. The van der Waals surface area contributed by atoms with Crippen molar-refractivity contribution in [1.29, 1.82) is 0 Å². The quantitative estimate of drug-likeness (QED) is 0.334. The highest BCUT2D eigenvalue weighted by Gasteiger charge is 2.24. The number of amides is 1. The smallest absolute Gasteiger partial charge is 0.222 e. The lowest BCUT2D eigenvalue weighted by Gasteiger charge is -2.35. The summed E-state index contributed by atoms with van der Waals surface area (Å²) in [6.07, 6.45) is 8.48. The van der Waals surface area contributed by atoms with Crippen LogP contribution in [0.5, 0.6) is 5.75 Å². The van der Waals surface area contributed by atoms with E-state index in [1.54, 1.807) is 25.4 Å². The molecule has 1 unspecified atom stereocenters. The third-order valence-corrected chi connectivity index (χ3v) is 7.62. The number of carbonyl (C=O) groups is 1. The zero-order valence-electron chi connectivity index (χ0n) is 22.9. The number of piperazine rings is 1. The van der Waals surface area contributed by atoms with Crippen LogP contribution in [-0.4, -0.2) is 60.8 Å². The Balaban J connectivity index is 1.21. The van der Waals surface area contributed by atoms with Gasteiger partial charge in [0.2, 0.25) is 5.91 Å². The van der Waals surface area contributed by atoms with Gasteiger partial charge in [-0.05, 0) is 53.3 Å². The van der Waals surface area contributed by atoms with Crippen molar-refractivity contribution < 1.29 is 13.9 Å². The number of aromatic nitrogens is 1. The first-order valence-corrected chi connectivity index (χ1v) is 13.8. The van der Waals surface area contributed by atoms with Gasteiger partial charge in [-0.3, -0.25) is 9.79 Å². The first kappa shape index (κ1) is 27.3. The average Bonchev–Trinajstić information content (AvgIpc) is 3.01. The van der Waals surface area contributed by atoms with Crippen LogP contribution in [0.25, 0.3) is 11.6 Å². The number of dihydropyridines is 1. The molecule has 0 radical (unpaired) electrons. The molecule has 1 saturated heterocycles. The Hall–Kier alpha value is -4.26. The monoisotopic (exact) mass is 538 g/mol. The van der Waals surface area contributed by atoms with Gasteiger partial charge in [-0.25, -0.2) is 9.37 Å². The third kappa shape index (κ3) is 6.47. The number of aliphatic imine (C=N–C) groups is 1. The molecule has 2 aromatic carbocycles. The maximum Gasteiger partial charge on any atom is 0.222 e. The van der Waals surface area contributed by atoms with Crippen LogP contribution in [-0.2, 0) is 4.79 Å². The molecule has 1 atom stereocenters. The molecule has 1 amide bonds. The number of halogens is 1. The third-order valence-electron chi connectivity index (χ3n) is 7.62. The minimum atomic E-state index is -0.255. The fraction of sp³-hybridized carbons (Fsp3) is 0.303. The normalized spacial score (nSPS) is 17.2. The number of carbonyl (C=O) groups excluding carboxylic acids is 1. The molecule has 6 nitrogen and oxygen atoms in total. The standard InChI is InChI=1S/C33H35FN4O2/c1-3-24-7-9-25(10-8-24)29-15-16-30(26-11-13-27(34)14-12-26)36-31(29)5-4-6-33(39)38-21-19-37(20-22-38)32-23-28(40-2)17-18-35-32/h3,7-15,17-18,23,31H,1,4-6,16,19-22H2,2H3. The number of nitrogens with zero attached hydrogens (tertiary/aromatic N) is 4. The number of pyridine rings is 1. The van der Waals surface area contributed by atoms with E-state index in [2.05, 4.69) is 46.8 Å². The van der Waals surface area contributed by atoms with Gasteiger partial charge in [-0.2, -0.15) is 0 Å². The maximum atomic E-state index is 13.5. The Morgan fingerprint density at radius 3 is 2.48 bits per heavy atom. The first-order chi connectivity index (χ1) is 19.5. The summed E-state index contributed by atoms with van der Waals surface area (Å²) in [5.74, 6) is 1.58. The van der Waals surface area contributed by atoms with Crippen molar-refractivity contribution in [3.63, 3.8) is 0 Å². The number of benzene rings is 2. The van der Waals surface area contributed by atoms with Crippen molar-refractivity contribution in [2.24, 2.45) is 4.99 Å². The van der Waals surface area contributed by atoms with Gasteiger partial charge in [0.15, 0.2) is 0 Å². The molecule has 0 saturated carbocycles.